The van der Waals surface area contributed by atoms with Gasteiger partial charge in [0.1, 0.15) is 0 Å². The zero-order chi connectivity index (χ0) is 10.8. The summed E-state index contributed by atoms with van der Waals surface area (Å²) in [6.07, 6.45) is 6.75. The molecule has 0 spiro atoms. The zero-order valence-corrected chi connectivity index (χ0v) is 9.71. The summed E-state index contributed by atoms with van der Waals surface area (Å²) in [5.74, 6) is 0. The van der Waals surface area contributed by atoms with Crippen LogP contribution < -0.4 is 10.6 Å². The molecule has 0 amide bonds. The van der Waals surface area contributed by atoms with Crippen LogP contribution in [-0.2, 0) is 6.42 Å². The quantitative estimate of drug-likeness (QED) is 0.794. The predicted molar refractivity (Wildman–Crippen MR) is 67.8 cm³/mol. The van der Waals surface area contributed by atoms with Crippen LogP contribution in [0, 0.1) is 0 Å². The van der Waals surface area contributed by atoms with E-state index in [-0.39, 0.29) is 0 Å². The number of benzene rings is 1. The van der Waals surface area contributed by atoms with Gasteiger partial charge in [0.2, 0.25) is 0 Å². The van der Waals surface area contributed by atoms with E-state index >= 15 is 0 Å². The lowest BCUT2D eigenvalue weighted by molar-refractivity contribution is 0.433. The molecule has 2 aliphatic rings. The molecule has 1 aliphatic heterocycles. The molecule has 1 atom stereocenters. The molecule has 3 rings (SSSR count). The monoisotopic (exact) mass is 216 g/mol. The standard InChI is InChI=1S/C14H20N2/c1-4-8-14-11(5-1)9-13(10-15-14)16-12-6-2-3-7-12/h1,4-5,8,12-13,15-16H,2-3,6-7,9-10H2. The highest BCUT2D eigenvalue weighted by Crippen LogP contribution is 2.23. The van der Waals surface area contributed by atoms with E-state index < -0.39 is 0 Å². The third-order valence-electron chi connectivity index (χ3n) is 3.85. The van der Waals surface area contributed by atoms with Crippen LogP contribution in [-0.4, -0.2) is 18.6 Å². The second-order valence-electron chi connectivity index (χ2n) is 5.09. The van der Waals surface area contributed by atoms with Gasteiger partial charge >= 0.3 is 0 Å². The van der Waals surface area contributed by atoms with Crippen molar-refractivity contribution in [1.82, 2.24) is 5.32 Å². The van der Waals surface area contributed by atoms with Crippen LogP contribution in [0.1, 0.15) is 31.2 Å². The molecular formula is C14H20N2. The molecule has 1 saturated carbocycles. The average molecular weight is 216 g/mol. The lowest BCUT2D eigenvalue weighted by Crippen LogP contribution is -2.44. The first-order chi connectivity index (χ1) is 7.92. The van der Waals surface area contributed by atoms with Crippen LogP contribution in [0.25, 0.3) is 0 Å². The Bertz CT molecular complexity index is 356. The Kier molecular flexibility index (Phi) is 2.83. The summed E-state index contributed by atoms with van der Waals surface area (Å²) in [5, 5.41) is 7.32. The zero-order valence-electron chi connectivity index (χ0n) is 9.71. The lowest BCUT2D eigenvalue weighted by atomic mass is 9.99. The van der Waals surface area contributed by atoms with Gasteiger partial charge in [-0.15, -0.1) is 0 Å². The van der Waals surface area contributed by atoms with Crippen molar-refractivity contribution in [1.29, 1.82) is 0 Å². The van der Waals surface area contributed by atoms with E-state index in [0.717, 1.165) is 12.6 Å². The number of anilines is 1. The number of fused-ring (bicyclic) bond motifs is 1. The van der Waals surface area contributed by atoms with Gasteiger partial charge in [-0.1, -0.05) is 31.0 Å². The first-order valence-electron chi connectivity index (χ1n) is 6.49. The van der Waals surface area contributed by atoms with Crippen molar-refractivity contribution in [3.8, 4) is 0 Å². The topological polar surface area (TPSA) is 24.1 Å². The van der Waals surface area contributed by atoms with Crippen LogP contribution in [0.4, 0.5) is 5.69 Å². The molecule has 0 radical (unpaired) electrons. The Morgan fingerprint density at radius 2 is 1.88 bits per heavy atom. The summed E-state index contributed by atoms with van der Waals surface area (Å²) < 4.78 is 0. The predicted octanol–water partition coefficient (Wildman–Crippen LogP) is 2.56. The molecule has 2 heteroatoms. The fourth-order valence-corrected chi connectivity index (χ4v) is 2.99. The van der Waals surface area contributed by atoms with Crippen molar-refractivity contribution in [3.05, 3.63) is 29.8 Å². The summed E-state index contributed by atoms with van der Waals surface area (Å²) in [5.41, 5.74) is 2.79. The van der Waals surface area contributed by atoms with Crippen molar-refractivity contribution < 1.29 is 0 Å². The van der Waals surface area contributed by atoms with Crippen molar-refractivity contribution >= 4 is 5.69 Å². The molecular weight excluding hydrogens is 196 g/mol. The highest BCUT2D eigenvalue weighted by atomic mass is 15.0. The van der Waals surface area contributed by atoms with Gasteiger partial charge in [0, 0.05) is 24.3 Å². The second-order valence-corrected chi connectivity index (χ2v) is 5.09. The minimum absolute atomic E-state index is 0.623. The van der Waals surface area contributed by atoms with Gasteiger partial charge < -0.3 is 10.6 Å². The molecule has 1 aromatic rings. The molecule has 1 heterocycles. The molecule has 1 fully saturated rings. The van der Waals surface area contributed by atoms with E-state index in [0.29, 0.717) is 6.04 Å². The number of para-hydroxylation sites is 1. The summed E-state index contributed by atoms with van der Waals surface area (Å²) in [6.45, 7) is 1.08. The lowest BCUT2D eigenvalue weighted by Gasteiger charge is -2.29. The van der Waals surface area contributed by atoms with Crippen LogP contribution in [0.15, 0.2) is 24.3 Å². The van der Waals surface area contributed by atoms with Gasteiger partial charge in [-0.05, 0) is 30.9 Å². The molecule has 1 aliphatic carbocycles. The van der Waals surface area contributed by atoms with E-state index in [1.54, 1.807) is 0 Å². The molecule has 16 heavy (non-hydrogen) atoms. The highest BCUT2D eigenvalue weighted by molar-refractivity contribution is 5.53. The molecule has 1 unspecified atom stereocenters. The number of hydrogen-bond acceptors (Lipinski definition) is 2. The van der Waals surface area contributed by atoms with Gasteiger partial charge in [-0.2, -0.15) is 0 Å². The largest absolute Gasteiger partial charge is 0.383 e. The maximum atomic E-state index is 3.80. The van der Waals surface area contributed by atoms with E-state index in [1.807, 2.05) is 0 Å². The van der Waals surface area contributed by atoms with Gasteiger partial charge in [0.25, 0.3) is 0 Å². The summed E-state index contributed by atoms with van der Waals surface area (Å²) >= 11 is 0. The summed E-state index contributed by atoms with van der Waals surface area (Å²) in [4.78, 5) is 0. The number of nitrogens with one attached hydrogen (secondary N) is 2. The fourth-order valence-electron chi connectivity index (χ4n) is 2.99. The Morgan fingerprint density at radius 1 is 1.06 bits per heavy atom. The van der Waals surface area contributed by atoms with Crippen LogP contribution >= 0.6 is 0 Å². The highest BCUT2D eigenvalue weighted by Gasteiger charge is 2.22. The molecule has 86 valence electrons. The van der Waals surface area contributed by atoms with Crippen LogP contribution in [0.3, 0.4) is 0 Å². The average Bonchev–Trinajstić information content (AvgIpc) is 2.82. The van der Waals surface area contributed by atoms with Gasteiger partial charge in [0.15, 0.2) is 0 Å². The normalized spacial score (nSPS) is 25.1. The third kappa shape index (κ3) is 2.07. The Balaban J connectivity index is 1.63. The SMILES string of the molecule is c1ccc2c(c1)CC(NC1CCCC1)CN2. The minimum atomic E-state index is 0.623. The van der Waals surface area contributed by atoms with E-state index in [9.17, 15) is 0 Å². The van der Waals surface area contributed by atoms with Crippen LogP contribution in [0.2, 0.25) is 0 Å². The van der Waals surface area contributed by atoms with Gasteiger partial charge in [0.05, 0.1) is 0 Å². The summed E-state index contributed by atoms with van der Waals surface area (Å²) in [7, 11) is 0. The van der Waals surface area contributed by atoms with E-state index in [1.165, 1.54) is 43.4 Å². The number of rotatable bonds is 2. The summed E-state index contributed by atoms with van der Waals surface area (Å²) in [6, 6.07) is 10.1. The first-order valence-corrected chi connectivity index (χ1v) is 6.49. The van der Waals surface area contributed by atoms with E-state index in [4.69, 9.17) is 0 Å². The second kappa shape index (κ2) is 4.46. The van der Waals surface area contributed by atoms with Crippen LogP contribution in [0.5, 0.6) is 0 Å². The minimum Gasteiger partial charge on any atom is -0.383 e. The first kappa shape index (κ1) is 10.2. The third-order valence-corrected chi connectivity index (χ3v) is 3.85. The van der Waals surface area contributed by atoms with Crippen molar-refractivity contribution in [3.63, 3.8) is 0 Å². The molecule has 2 N–H and O–H groups in total. The molecule has 0 saturated heterocycles. The molecule has 0 aromatic heterocycles. The fraction of sp³-hybridized carbons (Fsp3) is 0.571. The van der Waals surface area contributed by atoms with Gasteiger partial charge in [-0.3, -0.25) is 0 Å². The molecule has 1 aromatic carbocycles. The van der Waals surface area contributed by atoms with Gasteiger partial charge in [-0.25, -0.2) is 0 Å². The van der Waals surface area contributed by atoms with Crippen molar-refractivity contribution in [2.45, 2.75) is 44.2 Å². The van der Waals surface area contributed by atoms with Crippen molar-refractivity contribution in [2.24, 2.45) is 0 Å². The Labute approximate surface area is 97.4 Å². The Morgan fingerprint density at radius 3 is 2.75 bits per heavy atom. The van der Waals surface area contributed by atoms with E-state index in [2.05, 4.69) is 34.9 Å². The Hall–Kier alpha value is -1.02. The smallest absolute Gasteiger partial charge is 0.0373 e. The maximum Gasteiger partial charge on any atom is 0.0373 e. The molecule has 0 bridgehead atoms. The van der Waals surface area contributed by atoms with Crippen molar-refractivity contribution in [2.75, 3.05) is 11.9 Å². The molecule has 2 nitrogen and oxygen atoms in total. The number of hydrogen-bond donors (Lipinski definition) is 2. The maximum absolute atomic E-state index is 3.80.